The van der Waals surface area contributed by atoms with Crippen LogP contribution < -0.4 is 5.32 Å². The Morgan fingerprint density at radius 2 is 1.65 bits per heavy atom. The molecule has 2 aromatic carbocycles. The van der Waals surface area contributed by atoms with Crippen molar-refractivity contribution in [3.8, 4) is 0 Å². The van der Waals surface area contributed by atoms with Gasteiger partial charge >= 0.3 is 0 Å². The van der Waals surface area contributed by atoms with E-state index in [1.54, 1.807) is 6.08 Å². The van der Waals surface area contributed by atoms with Gasteiger partial charge in [0.1, 0.15) is 0 Å². The van der Waals surface area contributed by atoms with Crippen molar-refractivity contribution in [2.45, 2.75) is 12.8 Å². The molecule has 0 bridgehead atoms. The van der Waals surface area contributed by atoms with Gasteiger partial charge < -0.3 is 5.32 Å². The fourth-order valence-electron chi connectivity index (χ4n) is 1.95. The van der Waals surface area contributed by atoms with Crippen LogP contribution in [0.1, 0.15) is 24.0 Å². The summed E-state index contributed by atoms with van der Waals surface area (Å²) in [4.78, 5) is 11.8. The van der Waals surface area contributed by atoms with Gasteiger partial charge in [0.2, 0.25) is 5.91 Å². The van der Waals surface area contributed by atoms with Gasteiger partial charge in [0.15, 0.2) is 0 Å². The van der Waals surface area contributed by atoms with Crippen LogP contribution in [0, 0.1) is 0 Å². The molecule has 0 aliphatic carbocycles. The summed E-state index contributed by atoms with van der Waals surface area (Å²) in [6.07, 6.45) is 3.40. The van der Waals surface area contributed by atoms with Crippen LogP contribution in [0.5, 0.6) is 0 Å². The highest BCUT2D eigenvalue weighted by molar-refractivity contribution is 5.91. The summed E-state index contributed by atoms with van der Waals surface area (Å²) in [5.41, 5.74) is 2.26. The summed E-state index contributed by atoms with van der Waals surface area (Å²) in [7, 11) is 0. The zero-order valence-corrected chi connectivity index (χ0v) is 11.6. The van der Waals surface area contributed by atoms with Crippen molar-refractivity contribution in [3.63, 3.8) is 0 Å². The van der Waals surface area contributed by atoms with Crippen molar-refractivity contribution in [1.82, 2.24) is 5.32 Å². The van der Waals surface area contributed by atoms with E-state index in [9.17, 15) is 4.79 Å². The van der Waals surface area contributed by atoms with Crippen LogP contribution in [0.3, 0.4) is 0 Å². The molecule has 2 rings (SSSR count). The number of amides is 1. The molecule has 0 saturated carbocycles. The van der Waals surface area contributed by atoms with E-state index in [1.807, 2.05) is 54.6 Å². The molecule has 0 radical (unpaired) electrons. The van der Waals surface area contributed by atoms with E-state index in [4.69, 9.17) is 0 Å². The van der Waals surface area contributed by atoms with E-state index in [0.29, 0.717) is 12.5 Å². The van der Waals surface area contributed by atoms with Gasteiger partial charge in [-0.15, -0.1) is 0 Å². The van der Waals surface area contributed by atoms with Gasteiger partial charge in [-0.1, -0.05) is 67.6 Å². The minimum atomic E-state index is -0.0587. The molecule has 2 aromatic rings. The highest BCUT2D eigenvalue weighted by Gasteiger charge is 2.05. The molecule has 2 heteroatoms. The third-order valence-electron chi connectivity index (χ3n) is 3.18. The Morgan fingerprint density at radius 1 is 1.05 bits per heavy atom. The van der Waals surface area contributed by atoms with Crippen molar-refractivity contribution >= 4 is 12.0 Å². The first-order valence-electron chi connectivity index (χ1n) is 6.81. The fraction of sp³-hybridized carbons (Fsp3) is 0.167. The second kappa shape index (κ2) is 7.29. The Kier molecular flexibility index (Phi) is 5.13. The molecule has 1 atom stereocenters. The summed E-state index contributed by atoms with van der Waals surface area (Å²) in [6, 6.07) is 20.0. The van der Waals surface area contributed by atoms with Crippen LogP contribution in [0.15, 0.2) is 66.7 Å². The number of benzene rings is 2. The molecule has 0 aliphatic heterocycles. The van der Waals surface area contributed by atoms with Crippen molar-refractivity contribution in [2.75, 3.05) is 6.54 Å². The highest BCUT2D eigenvalue weighted by atomic mass is 16.1. The maximum absolute atomic E-state index is 11.8. The molecule has 0 saturated heterocycles. The van der Waals surface area contributed by atoms with Crippen LogP contribution in [0.4, 0.5) is 0 Å². The number of carbonyl (C=O) groups excluding carboxylic acids is 1. The summed E-state index contributed by atoms with van der Waals surface area (Å²) >= 11 is 0. The highest BCUT2D eigenvalue weighted by Crippen LogP contribution is 2.12. The first kappa shape index (κ1) is 14.1. The van der Waals surface area contributed by atoms with Gasteiger partial charge in [-0.2, -0.15) is 0 Å². The van der Waals surface area contributed by atoms with E-state index < -0.39 is 0 Å². The van der Waals surface area contributed by atoms with Gasteiger partial charge in [-0.3, -0.25) is 4.79 Å². The maximum Gasteiger partial charge on any atom is 0.244 e. The standard InChI is InChI=1S/C18H19NO/c1-15(17-10-6-3-7-11-17)14-19-18(20)13-12-16-8-4-2-5-9-16/h2-13,15H,14H2,1H3,(H,19,20)/b13-12+/t15-/m1/s1. The van der Waals surface area contributed by atoms with Crippen LogP contribution >= 0.6 is 0 Å². The minimum Gasteiger partial charge on any atom is -0.352 e. The van der Waals surface area contributed by atoms with Gasteiger partial charge in [0, 0.05) is 12.6 Å². The average Bonchev–Trinajstić information content (AvgIpc) is 2.52. The smallest absolute Gasteiger partial charge is 0.244 e. The molecule has 0 heterocycles. The monoisotopic (exact) mass is 265 g/mol. The molecule has 0 aliphatic rings. The Balaban J connectivity index is 1.82. The average molecular weight is 265 g/mol. The summed E-state index contributed by atoms with van der Waals surface area (Å²) in [5, 5.41) is 2.93. The lowest BCUT2D eigenvalue weighted by molar-refractivity contribution is -0.116. The minimum absolute atomic E-state index is 0.0587. The molecule has 0 spiro atoms. The van der Waals surface area contributed by atoms with Gasteiger partial charge in [-0.25, -0.2) is 0 Å². The molecule has 1 N–H and O–H groups in total. The predicted octanol–water partition coefficient (Wildman–Crippen LogP) is 3.62. The first-order chi connectivity index (χ1) is 9.75. The second-order valence-corrected chi connectivity index (χ2v) is 4.80. The predicted molar refractivity (Wildman–Crippen MR) is 83.3 cm³/mol. The van der Waals surface area contributed by atoms with Crippen molar-refractivity contribution < 1.29 is 4.79 Å². The van der Waals surface area contributed by atoms with Crippen molar-refractivity contribution in [1.29, 1.82) is 0 Å². The van der Waals surface area contributed by atoms with Crippen LogP contribution in [0.2, 0.25) is 0 Å². The van der Waals surface area contributed by atoms with E-state index in [0.717, 1.165) is 5.56 Å². The largest absolute Gasteiger partial charge is 0.352 e. The van der Waals surface area contributed by atoms with Crippen LogP contribution in [-0.4, -0.2) is 12.5 Å². The van der Waals surface area contributed by atoms with Crippen molar-refractivity contribution in [2.24, 2.45) is 0 Å². The van der Waals surface area contributed by atoms with E-state index in [1.165, 1.54) is 5.56 Å². The molecule has 2 nitrogen and oxygen atoms in total. The number of rotatable bonds is 5. The SMILES string of the molecule is C[C@H](CNC(=O)/C=C/c1ccccc1)c1ccccc1. The molecular formula is C18H19NO. The Morgan fingerprint density at radius 3 is 2.30 bits per heavy atom. The molecular weight excluding hydrogens is 246 g/mol. The van der Waals surface area contributed by atoms with E-state index in [2.05, 4.69) is 24.4 Å². The normalized spacial score (nSPS) is 12.2. The maximum atomic E-state index is 11.8. The summed E-state index contributed by atoms with van der Waals surface area (Å²) in [6.45, 7) is 2.75. The zero-order valence-electron chi connectivity index (χ0n) is 11.6. The summed E-state index contributed by atoms with van der Waals surface area (Å²) < 4.78 is 0. The van der Waals surface area contributed by atoms with E-state index >= 15 is 0 Å². The topological polar surface area (TPSA) is 29.1 Å². The Bertz CT molecular complexity index is 560. The lowest BCUT2D eigenvalue weighted by Gasteiger charge is -2.11. The number of nitrogens with one attached hydrogen (secondary N) is 1. The number of hydrogen-bond donors (Lipinski definition) is 1. The van der Waals surface area contributed by atoms with Crippen LogP contribution in [-0.2, 0) is 4.79 Å². The molecule has 0 unspecified atom stereocenters. The van der Waals surface area contributed by atoms with Crippen LogP contribution in [0.25, 0.3) is 6.08 Å². The first-order valence-corrected chi connectivity index (χ1v) is 6.81. The van der Waals surface area contributed by atoms with Gasteiger partial charge in [0.25, 0.3) is 0 Å². The Hall–Kier alpha value is -2.35. The quantitative estimate of drug-likeness (QED) is 0.822. The number of hydrogen-bond acceptors (Lipinski definition) is 1. The van der Waals surface area contributed by atoms with Gasteiger partial charge in [0.05, 0.1) is 0 Å². The lowest BCUT2D eigenvalue weighted by Crippen LogP contribution is -2.25. The third kappa shape index (κ3) is 4.39. The molecule has 0 aromatic heterocycles. The summed E-state index contributed by atoms with van der Waals surface area (Å²) in [5.74, 6) is 0.252. The molecule has 102 valence electrons. The Labute approximate surface area is 120 Å². The third-order valence-corrected chi connectivity index (χ3v) is 3.18. The van der Waals surface area contributed by atoms with Crippen molar-refractivity contribution in [3.05, 3.63) is 77.9 Å². The molecule has 0 fully saturated rings. The lowest BCUT2D eigenvalue weighted by atomic mass is 10.0. The molecule has 20 heavy (non-hydrogen) atoms. The van der Waals surface area contributed by atoms with E-state index in [-0.39, 0.29) is 5.91 Å². The number of carbonyl (C=O) groups is 1. The molecule has 1 amide bonds. The zero-order chi connectivity index (χ0) is 14.2. The fourth-order valence-corrected chi connectivity index (χ4v) is 1.95. The second-order valence-electron chi connectivity index (χ2n) is 4.80. The van der Waals surface area contributed by atoms with Gasteiger partial charge in [-0.05, 0) is 23.1 Å².